The molecule has 3 aromatic rings. The van der Waals surface area contributed by atoms with Gasteiger partial charge in [-0.1, -0.05) is 0 Å². The summed E-state index contributed by atoms with van der Waals surface area (Å²) in [5.41, 5.74) is 6.58. The van der Waals surface area contributed by atoms with Crippen molar-refractivity contribution in [3.8, 4) is 0 Å². The van der Waals surface area contributed by atoms with E-state index in [1.165, 1.54) is 27.9 Å². The van der Waals surface area contributed by atoms with Crippen LogP contribution in [0.25, 0.3) is 11.2 Å². The number of aliphatic hydroxyl groups is 5. The molecule has 0 radical (unpaired) electrons. The average Bonchev–Trinajstić information content (AvgIpc) is 3.61. The fourth-order valence-corrected chi connectivity index (χ4v) is 6.62. The van der Waals surface area contributed by atoms with Crippen molar-refractivity contribution >= 4 is 32.6 Å². The number of nitrogens with zero attached hydrogens (tertiary/aromatic N) is 5. The van der Waals surface area contributed by atoms with Crippen molar-refractivity contribution in [1.29, 1.82) is 0 Å². The number of imidazole rings is 1. The van der Waals surface area contributed by atoms with Gasteiger partial charge in [0.15, 0.2) is 36.2 Å². The molecule has 0 saturated carbocycles. The molecule has 0 amide bonds. The van der Waals surface area contributed by atoms with Gasteiger partial charge in [0, 0.05) is 11.6 Å². The molecule has 0 spiro atoms. The van der Waals surface area contributed by atoms with E-state index < -0.39 is 77.9 Å². The van der Waals surface area contributed by atoms with Crippen LogP contribution in [0.3, 0.4) is 0 Å². The number of nitrogen functional groups attached to an aromatic ring is 1. The molecule has 5 heterocycles. The van der Waals surface area contributed by atoms with E-state index in [2.05, 4.69) is 28.3 Å². The highest BCUT2D eigenvalue weighted by molar-refractivity contribution is 7.60. The Morgan fingerprint density at radius 1 is 1.02 bits per heavy atom. The van der Waals surface area contributed by atoms with E-state index in [0.29, 0.717) is 5.56 Å². The lowest BCUT2D eigenvalue weighted by Crippen LogP contribution is -2.46. The fourth-order valence-electron chi connectivity index (χ4n) is 4.57. The van der Waals surface area contributed by atoms with Crippen LogP contribution < -0.4 is 15.2 Å². The van der Waals surface area contributed by atoms with Crippen LogP contribution in [0.15, 0.2) is 37.2 Å². The summed E-state index contributed by atoms with van der Waals surface area (Å²) in [6, 6.07) is 3.15. The molecule has 20 nitrogen and oxygen atoms in total. The van der Waals surface area contributed by atoms with Crippen LogP contribution in [0.5, 0.6) is 0 Å². The first-order chi connectivity index (χ1) is 20.3. The van der Waals surface area contributed by atoms with E-state index in [-0.39, 0.29) is 23.6 Å². The summed E-state index contributed by atoms with van der Waals surface area (Å²) in [5, 5.41) is 50.8. The van der Waals surface area contributed by atoms with Gasteiger partial charge in [-0.05, 0) is 6.07 Å². The predicted molar refractivity (Wildman–Crippen MR) is 135 cm³/mol. The first-order valence-electron chi connectivity index (χ1n) is 12.5. The quantitative estimate of drug-likeness (QED) is 0.0791. The van der Waals surface area contributed by atoms with Crippen LogP contribution in [0, 0.1) is 0 Å². The molecule has 2 aliphatic rings. The van der Waals surface area contributed by atoms with Gasteiger partial charge < -0.3 is 55.1 Å². The molecule has 8 N–H and O–H groups in total. The predicted octanol–water partition coefficient (Wildman–Crippen LogP) is -3.25. The largest absolute Gasteiger partial charge is 0.756 e. The van der Waals surface area contributed by atoms with Crippen molar-refractivity contribution in [3.63, 3.8) is 0 Å². The second kappa shape index (κ2) is 12.5. The Balaban J connectivity index is 1.15. The highest BCUT2D eigenvalue weighted by atomic mass is 31.3. The smallest absolute Gasteiger partial charge is 0.478 e. The Hall–Kier alpha value is -2.52. The Labute approximate surface area is 241 Å². The zero-order chi connectivity index (χ0) is 31.1. The highest BCUT2D eigenvalue weighted by Crippen LogP contribution is 2.58. The fraction of sp³-hybridized carbons (Fsp3) is 0.524. The molecule has 0 bridgehead atoms. The monoisotopic (exact) mass is 650 g/mol. The minimum absolute atomic E-state index is 0.0519. The van der Waals surface area contributed by atoms with Gasteiger partial charge >= 0.3 is 7.82 Å². The van der Waals surface area contributed by atoms with Gasteiger partial charge in [-0.2, -0.15) is 4.57 Å². The maximum absolute atomic E-state index is 12.4. The summed E-state index contributed by atoms with van der Waals surface area (Å²) in [7, 11) is -11.0. The number of nitrogens with two attached hydrogens (primary N) is 1. The molecule has 43 heavy (non-hydrogen) atoms. The summed E-state index contributed by atoms with van der Waals surface area (Å²) in [6.07, 6.45) is -6.38. The number of pyridine rings is 1. The number of phosphoric ester groups is 2. The van der Waals surface area contributed by atoms with E-state index in [4.69, 9.17) is 15.2 Å². The number of rotatable bonds is 11. The van der Waals surface area contributed by atoms with Crippen molar-refractivity contribution in [3.05, 3.63) is 42.7 Å². The van der Waals surface area contributed by atoms with Gasteiger partial charge in [0.05, 0.1) is 26.1 Å². The van der Waals surface area contributed by atoms with Crippen LogP contribution in [0.1, 0.15) is 18.0 Å². The van der Waals surface area contributed by atoms with E-state index in [1.54, 1.807) is 12.1 Å². The van der Waals surface area contributed by atoms with Crippen molar-refractivity contribution in [1.82, 2.24) is 19.5 Å². The van der Waals surface area contributed by atoms with Crippen LogP contribution in [-0.4, -0.2) is 99.8 Å². The van der Waals surface area contributed by atoms with Gasteiger partial charge in [0.2, 0.25) is 0 Å². The summed E-state index contributed by atoms with van der Waals surface area (Å²) in [6.45, 7) is -2.13. The van der Waals surface area contributed by atoms with Gasteiger partial charge in [-0.3, -0.25) is 13.7 Å². The number of hydrogen-bond acceptors (Lipinski definition) is 17. The normalized spacial score (nSPS) is 32.2. The summed E-state index contributed by atoms with van der Waals surface area (Å²) in [5.74, 6) is 0.0519. The number of aliphatic hydroxyl groups excluding tert-OH is 5. The second-order valence-electron chi connectivity index (χ2n) is 9.58. The Kier molecular flexibility index (Phi) is 9.25. The lowest BCUT2D eigenvalue weighted by Gasteiger charge is -2.26. The van der Waals surface area contributed by atoms with Crippen molar-refractivity contribution in [2.24, 2.45) is 0 Å². The third-order valence-electron chi connectivity index (χ3n) is 6.70. The zero-order valence-electron chi connectivity index (χ0n) is 21.9. The summed E-state index contributed by atoms with van der Waals surface area (Å²) >= 11 is 0. The van der Waals surface area contributed by atoms with Crippen molar-refractivity contribution < 1.29 is 71.8 Å². The van der Waals surface area contributed by atoms with Crippen molar-refractivity contribution in [2.75, 3.05) is 18.9 Å². The topological polar surface area (TPSA) is 298 Å². The molecule has 236 valence electrons. The minimum Gasteiger partial charge on any atom is -0.756 e. The van der Waals surface area contributed by atoms with Crippen LogP contribution in [-0.2, 0) is 38.6 Å². The maximum atomic E-state index is 12.4. The molecule has 3 aromatic heterocycles. The van der Waals surface area contributed by atoms with Gasteiger partial charge in [0.25, 0.3) is 14.1 Å². The van der Waals surface area contributed by atoms with Gasteiger partial charge in [0.1, 0.15) is 42.4 Å². The average molecular weight is 650 g/mol. The van der Waals surface area contributed by atoms with Gasteiger partial charge in [-0.25, -0.2) is 23.8 Å². The highest BCUT2D eigenvalue weighted by Gasteiger charge is 2.49. The van der Waals surface area contributed by atoms with E-state index in [0.717, 1.165) is 6.33 Å². The molecule has 0 aromatic carbocycles. The molecule has 2 unspecified atom stereocenters. The molecule has 10 atom stereocenters. The number of anilines is 1. The second-order valence-corrected chi connectivity index (χ2v) is 12.6. The summed E-state index contributed by atoms with van der Waals surface area (Å²) in [4.78, 5) is 34.1. The number of phosphoric acid groups is 2. The summed E-state index contributed by atoms with van der Waals surface area (Å²) < 4.78 is 51.7. The third kappa shape index (κ3) is 6.77. The van der Waals surface area contributed by atoms with Crippen LogP contribution in [0.4, 0.5) is 5.82 Å². The SMILES string of the molecule is Nc1ncnc2c1ncn2[C@@H]1O[C@H](COP(=O)(O)OP(=O)([O-])OC[C@H]2O[C@@H]([n+]3cccc(CO)c3)[C@H](O)[C@@H]2O)[C@@H](O)[C@H]1O. The molecule has 2 saturated heterocycles. The lowest BCUT2D eigenvalue weighted by molar-refractivity contribution is -0.766. The molecule has 5 rings (SSSR count). The maximum Gasteiger partial charge on any atom is 0.478 e. The van der Waals surface area contributed by atoms with Crippen LogP contribution >= 0.6 is 15.6 Å². The Bertz CT molecular complexity index is 1550. The minimum atomic E-state index is -5.58. The molecule has 2 aliphatic heterocycles. The number of aromatic nitrogens is 5. The molecule has 22 heteroatoms. The Morgan fingerprint density at radius 2 is 1.72 bits per heavy atom. The number of ether oxygens (including phenoxy) is 2. The molecule has 0 aliphatic carbocycles. The number of fused-ring (bicyclic) bond motifs is 1. The van der Waals surface area contributed by atoms with Gasteiger partial charge in [-0.15, -0.1) is 0 Å². The molecule has 2 fully saturated rings. The van der Waals surface area contributed by atoms with Crippen molar-refractivity contribution in [2.45, 2.75) is 55.7 Å². The molecular weight excluding hydrogens is 622 g/mol. The molecular formula is C21H28N6O14P2. The standard InChI is InChI=1S/C21H28N6O14P2/c22-18-13-19(24-8-23-18)27(9-25-13)21-17(32)15(30)12(40-21)7-38-43(35,36)41-42(33,34)37-6-11-14(29)16(31)20(39-11)26-3-1-2-10(4-26)5-28/h1-4,8-9,11-12,14-17,20-21,28-32H,5-7H2,(H3-,22,23,24,33,34,35,36)/t11-,12-,14-,15-,16-,17-,20-,21-/m1/s1. The van der Waals surface area contributed by atoms with E-state index >= 15 is 0 Å². The number of hydrogen-bond donors (Lipinski definition) is 7. The first-order valence-corrected chi connectivity index (χ1v) is 15.5. The lowest BCUT2D eigenvalue weighted by atomic mass is 10.1. The van der Waals surface area contributed by atoms with E-state index in [1.807, 2.05) is 0 Å². The Morgan fingerprint density at radius 3 is 2.47 bits per heavy atom. The zero-order valence-corrected chi connectivity index (χ0v) is 23.7. The third-order valence-corrected chi connectivity index (χ3v) is 9.26. The van der Waals surface area contributed by atoms with E-state index in [9.17, 15) is 44.4 Å². The van der Waals surface area contributed by atoms with Crippen LogP contribution in [0.2, 0.25) is 0 Å². The first kappa shape index (κ1) is 31.9.